The quantitative estimate of drug-likeness (QED) is 0.0694. The molecule has 1 unspecified atom stereocenters. The van der Waals surface area contributed by atoms with Crippen LogP contribution in [-0.4, -0.2) is 140 Å². The number of aliphatic hydroxyl groups excluding tert-OH is 3. The minimum atomic E-state index is -1.20. The number of aromatic nitrogens is 2. The smallest absolute Gasteiger partial charge is 0.305 e. The Morgan fingerprint density at radius 2 is 1.90 bits per heavy atom. The zero-order valence-corrected chi connectivity index (χ0v) is 46.4. The molecule has 6 fully saturated rings. The van der Waals surface area contributed by atoms with Crippen LogP contribution >= 0.6 is 22.7 Å². The van der Waals surface area contributed by atoms with Gasteiger partial charge >= 0.3 is 4.87 Å². The molecular weight excluding hydrogens is 1030 g/mol. The second-order valence-corrected chi connectivity index (χ2v) is 25.1. The number of likely N-dealkylation sites (tertiary alicyclic amines) is 1. The number of phenolic OH excluding ortho intramolecular Hbond substituents is 1. The van der Waals surface area contributed by atoms with E-state index in [1.54, 1.807) is 18.2 Å². The summed E-state index contributed by atoms with van der Waals surface area (Å²) in [6.45, 7) is 14.5. The highest BCUT2D eigenvalue weighted by molar-refractivity contribution is 7.16. The second-order valence-electron chi connectivity index (χ2n) is 23.3. The summed E-state index contributed by atoms with van der Waals surface area (Å²) in [7, 11) is 0. The SMILES string of the molecule is CC(C)c1nc(C(=O)N2CCOC3(CCN(Cc4ccc(F)c(CCNC[C@H](O)c5ccc(O)c6[nH]c(=O)sc56)c4)CC3)C2)cs1.CCCC1O[C@@H]2C[C@H]3[C@@H]4CCC5=CC(=O)C=C[C@]5(C)[C@H]4[C@@H](O)C[C@]3(C)[C@]2(C(=O)CO)O1. The highest BCUT2D eigenvalue weighted by Gasteiger charge is 2.75. The largest absolute Gasteiger partial charge is 0.506 e. The summed E-state index contributed by atoms with van der Waals surface area (Å²) in [6.07, 6.45) is 9.51. The monoisotopic (exact) mass is 1100 g/mol. The summed E-state index contributed by atoms with van der Waals surface area (Å²) in [6, 6.07) is 8.32. The number of aromatic amines is 1. The van der Waals surface area contributed by atoms with Crippen LogP contribution in [0.15, 0.2) is 64.3 Å². The molecule has 4 aromatic rings. The van der Waals surface area contributed by atoms with Gasteiger partial charge in [-0.05, 0) is 105 Å². The van der Waals surface area contributed by atoms with E-state index in [1.165, 1.54) is 23.5 Å². The van der Waals surface area contributed by atoms with Crippen LogP contribution in [0.1, 0.15) is 130 Å². The molecule has 2 aromatic carbocycles. The fourth-order valence-corrected chi connectivity index (χ4v) is 16.2. The number of nitrogens with one attached hydrogen (secondary N) is 2. The highest BCUT2D eigenvalue weighted by Crippen LogP contribution is 2.69. The number of hydrogen-bond acceptors (Lipinski definition) is 16. The minimum Gasteiger partial charge on any atom is -0.506 e. The molecule has 1 amide bonds. The Morgan fingerprint density at radius 1 is 1.10 bits per heavy atom. The van der Waals surface area contributed by atoms with Crippen LogP contribution in [0, 0.1) is 34.4 Å². The zero-order valence-electron chi connectivity index (χ0n) is 44.7. The first-order chi connectivity index (χ1) is 36.8. The number of amides is 1. The van der Waals surface area contributed by atoms with E-state index in [1.807, 2.05) is 28.5 Å². The zero-order chi connectivity index (χ0) is 54.6. The minimum absolute atomic E-state index is 0.0125. The van der Waals surface area contributed by atoms with E-state index < -0.39 is 42.2 Å². The average molecular weight is 1100 g/mol. The van der Waals surface area contributed by atoms with Crippen molar-refractivity contribution in [3.05, 3.63) is 102 Å². The topological polar surface area (TPSA) is 224 Å². The molecule has 7 aliphatic rings. The van der Waals surface area contributed by atoms with E-state index in [-0.39, 0.29) is 69.2 Å². The number of rotatable bonds is 14. The number of thiazole rings is 2. The fourth-order valence-electron chi connectivity index (χ4n) is 14.4. The van der Waals surface area contributed by atoms with Gasteiger partial charge < -0.3 is 49.8 Å². The van der Waals surface area contributed by atoms with Crippen LogP contribution < -0.4 is 10.2 Å². The number of hydrogen-bond donors (Lipinski definition) is 6. The molecule has 19 heteroatoms. The van der Waals surface area contributed by atoms with Gasteiger partial charge in [0, 0.05) is 66.3 Å². The number of morpholine rings is 1. The predicted molar refractivity (Wildman–Crippen MR) is 290 cm³/mol. The maximum Gasteiger partial charge on any atom is 0.305 e. The number of piperidine rings is 1. The van der Waals surface area contributed by atoms with Gasteiger partial charge in [-0.1, -0.05) is 82.2 Å². The van der Waals surface area contributed by atoms with Gasteiger partial charge in [-0.25, -0.2) is 9.37 Å². The van der Waals surface area contributed by atoms with Gasteiger partial charge in [-0.3, -0.25) is 24.1 Å². The molecule has 4 aliphatic carbocycles. The molecule has 16 nitrogen and oxygen atoms in total. The molecule has 11 rings (SSSR count). The molecular formula is C58H74FN5O11S2. The molecule has 3 saturated heterocycles. The molecule has 10 atom stereocenters. The van der Waals surface area contributed by atoms with E-state index in [0.29, 0.717) is 91.4 Å². The van der Waals surface area contributed by atoms with Crippen molar-refractivity contribution in [2.75, 3.05) is 52.5 Å². The van der Waals surface area contributed by atoms with Gasteiger partial charge in [-0.2, -0.15) is 0 Å². The van der Waals surface area contributed by atoms with Crippen LogP contribution in [0.25, 0.3) is 10.2 Å². The number of carbonyl (C=O) groups excluding carboxylic acids is 3. The molecule has 1 spiro atoms. The van der Waals surface area contributed by atoms with Crippen molar-refractivity contribution < 1.29 is 53.4 Å². The molecule has 3 saturated carbocycles. The number of carbonyl (C=O) groups is 3. The first-order valence-corrected chi connectivity index (χ1v) is 29.2. The number of nitrogens with zero attached hydrogens (tertiary/aromatic N) is 3. The number of benzene rings is 2. The molecule has 0 radical (unpaired) electrons. The Hall–Kier alpha value is -4.54. The van der Waals surface area contributed by atoms with Gasteiger partial charge in [0.1, 0.15) is 29.4 Å². The average Bonchev–Trinajstić information content (AvgIpc) is 4.29. The Balaban J connectivity index is 0.000000188. The molecule has 3 aliphatic heterocycles. The van der Waals surface area contributed by atoms with E-state index >= 15 is 0 Å². The maximum atomic E-state index is 14.7. The number of allylic oxidation sites excluding steroid dienone is 4. The van der Waals surface area contributed by atoms with Gasteiger partial charge in [-0.15, -0.1) is 11.3 Å². The maximum absolute atomic E-state index is 14.7. The van der Waals surface area contributed by atoms with Crippen LogP contribution in [0.5, 0.6) is 5.75 Å². The van der Waals surface area contributed by atoms with Crippen molar-refractivity contribution in [1.29, 1.82) is 0 Å². The summed E-state index contributed by atoms with van der Waals surface area (Å²) in [4.78, 5) is 61.3. The van der Waals surface area contributed by atoms with Gasteiger partial charge in [0.25, 0.3) is 5.91 Å². The first kappa shape index (κ1) is 55.8. The Morgan fingerprint density at radius 3 is 2.64 bits per heavy atom. The summed E-state index contributed by atoms with van der Waals surface area (Å²) in [5.74, 6) is 0.00401. The number of halogens is 1. The van der Waals surface area contributed by atoms with Crippen molar-refractivity contribution in [3.8, 4) is 5.75 Å². The van der Waals surface area contributed by atoms with Crippen LogP contribution in [0.4, 0.5) is 4.39 Å². The number of aromatic hydroxyl groups is 1. The van der Waals surface area contributed by atoms with E-state index in [0.717, 1.165) is 72.7 Å². The van der Waals surface area contributed by atoms with Gasteiger partial charge in [0.05, 0.1) is 46.8 Å². The van der Waals surface area contributed by atoms with Gasteiger partial charge in [0.2, 0.25) is 0 Å². The number of H-pyrrole nitrogens is 1. The molecule has 6 N–H and O–H groups in total. The van der Waals surface area contributed by atoms with E-state index in [4.69, 9.17) is 14.2 Å². The standard InChI is InChI=1S/C33H40FN5O5S2.C25H34O6/c1-20(2)30-36-25(18-45-30)31(42)39-13-14-44-33(19-39)8-11-38(12-9-33)17-21-3-5-24(34)22(15-21)7-10-35-16-27(41)23-4-6-26(40)28-29(23)46-32(43)37-28;1-4-5-21-30-20-11-17-16-7-6-14-10-15(27)8-9-23(14,2)22(16)18(28)12-24(17,3)25(20,31-21)19(29)13-26/h3-6,15,18,20,27,35,40-41H,7-14,16-17,19H2,1-2H3,(H,37,43);8-10,16-18,20-22,26,28H,4-7,11-13H2,1-3H3/t27-;16-,17-,18-,20+,21?,22+,23-,24-,25+/m00/s1. The number of ether oxygens (including phenoxy) is 3. The van der Waals surface area contributed by atoms with E-state index in [2.05, 4.69) is 54.8 Å². The van der Waals surface area contributed by atoms with Crippen molar-refractivity contribution in [2.45, 2.75) is 141 Å². The third-order valence-corrected chi connectivity index (χ3v) is 20.4. The lowest BCUT2D eigenvalue weighted by Crippen LogP contribution is -2.63. The molecule has 2 aromatic heterocycles. The third kappa shape index (κ3) is 10.4. The molecule has 5 heterocycles. The van der Waals surface area contributed by atoms with Crippen LogP contribution in [-0.2, 0) is 36.8 Å². The Labute approximate surface area is 456 Å². The normalized spacial score (nSPS) is 30.9. The highest BCUT2D eigenvalue weighted by atomic mass is 32.1. The number of ketones is 2. The van der Waals surface area contributed by atoms with Crippen molar-refractivity contribution in [2.24, 2.45) is 28.6 Å². The number of fused-ring (bicyclic) bond motifs is 8. The third-order valence-electron chi connectivity index (χ3n) is 18.3. The predicted octanol–water partition coefficient (Wildman–Crippen LogP) is 7.10. The lowest BCUT2D eigenvalue weighted by Gasteiger charge is -2.59. The molecule has 416 valence electrons. The van der Waals surface area contributed by atoms with Crippen molar-refractivity contribution in [1.82, 2.24) is 25.1 Å². The van der Waals surface area contributed by atoms with Crippen LogP contribution in [0.3, 0.4) is 0 Å². The van der Waals surface area contributed by atoms with Crippen molar-refractivity contribution in [3.63, 3.8) is 0 Å². The Kier molecular flexibility index (Phi) is 16.1. The first-order valence-electron chi connectivity index (χ1n) is 27.5. The fraction of sp³-hybridized carbons (Fsp3) is 0.603. The number of Topliss-reactive ketones (excluding diaryl/α,β-unsaturated/α-hetero) is 1. The summed E-state index contributed by atoms with van der Waals surface area (Å²) < 4.78 is 34.2. The summed E-state index contributed by atoms with van der Waals surface area (Å²) in [5, 5.41) is 48.2. The number of aliphatic hydroxyl groups is 3. The van der Waals surface area contributed by atoms with Crippen molar-refractivity contribution >= 4 is 50.4 Å². The van der Waals surface area contributed by atoms with E-state index in [9.17, 15) is 44.0 Å². The second kappa shape index (κ2) is 22.2. The Bertz CT molecular complexity index is 2980. The molecule has 77 heavy (non-hydrogen) atoms. The van der Waals surface area contributed by atoms with Crippen LogP contribution in [0.2, 0.25) is 0 Å². The lowest BCUT2D eigenvalue weighted by molar-refractivity contribution is -0.200. The summed E-state index contributed by atoms with van der Waals surface area (Å²) >= 11 is 2.48. The van der Waals surface area contributed by atoms with Gasteiger partial charge in [0.15, 0.2) is 23.5 Å². The lowest BCUT2D eigenvalue weighted by atomic mass is 9.46. The summed E-state index contributed by atoms with van der Waals surface area (Å²) in [5.41, 5.74) is 1.65. The number of phenols is 1. The molecule has 0 bridgehead atoms.